The molecule has 2 amide bonds. The summed E-state index contributed by atoms with van der Waals surface area (Å²) in [6, 6.07) is 19.2. The van der Waals surface area contributed by atoms with E-state index in [-0.39, 0.29) is 22.8 Å². The van der Waals surface area contributed by atoms with Crippen LogP contribution in [-0.4, -0.2) is 48.3 Å². The number of rotatable bonds is 8. The minimum absolute atomic E-state index is 0.0747. The van der Waals surface area contributed by atoms with Crippen molar-refractivity contribution in [3.63, 3.8) is 0 Å². The molecule has 3 aromatic carbocycles. The molecule has 0 aliphatic heterocycles. The van der Waals surface area contributed by atoms with Gasteiger partial charge in [-0.25, -0.2) is 22.3 Å². The Morgan fingerprint density at radius 2 is 1.76 bits per heavy atom. The second kappa shape index (κ2) is 12.4. The van der Waals surface area contributed by atoms with Gasteiger partial charge in [0.25, 0.3) is 5.91 Å². The molecule has 1 heterocycles. The molecule has 12 heteroatoms. The Kier molecular flexibility index (Phi) is 9.07. The van der Waals surface area contributed by atoms with Crippen LogP contribution in [0.3, 0.4) is 0 Å². The van der Waals surface area contributed by atoms with E-state index in [1.54, 1.807) is 69.3 Å². The molecule has 0 aliphatic carbocycles. The standard InChI is InChI=1S/C30H31FN4O5S2/c1-30(2,3)40-29(37)32-18-19-9-8-10-21(15-19)35-25(17-27(34-35)41-4)28(36)33-24-14-13-20(16-23(24)31)22-11-6-7-12-26(22)42(5,38)39/h6-17H,18H2,1-5H3,(H,32,37)(H,33,36). The van der Waals surface area contributed by atoms with Gasteiger partial charge in [0.1, 0.15) is 22.1 Å². The quantitative estimate of drug-likeness (QED) is 0.232. The van der Waals surface area contributed by atoms with Crippen molar-refractivity contribution in [3.05, 3.63) is 89.9 Å². The van der Waals surface area contributed by atoms with Crippen LogP contribution in [0.5, 0.6) is 0 Å². The van der Waals surface area contributed by atoms with Crippen molar-refractivity contribution in [1.82, 2.24) is 15.1 Å². The van der Waals surface area contributed by atoms with Crippen molar-refractivity contribution in [2.75, 3.05) is 17.8 Å². The van der Waals surface area contributed by atoms with Gasteiger partial charge >= 0.3 is 6.09 Å². The zero-order valence-corrected chi connectivity index (χ0v) is 25.4. The number of hydrogen-bond acceptors (Lipinski definition) is 7. The van der Waals surface area contributed by atoms with Crippen LogP contribution >= 0.6 is 11.8 Å². The van der Waals surface area contributed by atoms with Crippen molar-refractivity contribution in [3.8, 4) is 16.8 Å². The molecule has 42 heavy (non-hydrogen) atoms. The van der Waals surface area contributed by atoms with Crippen molar-refractivity contribution < 1.29 is 27.1 Å². The van der Waals surface area contributed by atoms with Gasteiger partial charge in [0.15, 0.2) is 9.84 Å². The molecule has 0 aliphatic rings. The lowest BCUT2D eigenvalue weighted by Crippen LogP contribution is -2.32. The Balaban J connectivity index is 1.58. The van der Waals surface area contributed by atoms with Gasteiger partial charge in [-0.2, -0.15) is 5.10 Å². The van der Waals surface area contributed by atoms with Gasteiger partial charge in [-0.1, -0.05) is 36.4 Å². The summed E-state index contributed by atoms with van der Waals surface area (Å²) in [6.45, 7) is 5.53. The second-order valence-electron chi connectivity index (χ2n) is 10.4. The number of thioether (sulfide) groups is 1. The lowest BCUT2D eigenvalue weighted by atomic mass is 10.0. The van der Waals surface area contributed by atoms with Gasteiger partial charge in [-0.15, -0.1) is 11.8 Å². The average Bonchev–Trinajstić information content (AvgIpc) is 3.37. The first-order valence-corrected chi connectivity index (χ1v) is 16.0. The SMILES string of the molecule is CSc1cc(C(=O)Nc2ccc(-c3ccccc3S(C)(=O)=O)cc2F)n(-c2cccc(CNC(=O)OC(C)(C)C)c2)n1. The summed E-state index contributed by atoms with van der Waals surface area (Å²) in [5.74, 6) is -1.32. The van der Waals surface area contributed by atoms with Crippen LogP contribution in [0.1, 0.15) is 36.8 Å². The van der Waals surface area contributed by atoms with Crippen molar-refractivity contribution >= 4 is 39.3 Å². The Labute approximate surface area is 248 Å². The van der Waals surface area contributed by atoms with Crippen molar-refractivity contribution in [1.29, 1.82) is 0 Å². The molecule has 0 unspecified atom stereocenters. The van der Waals surface area contributed by atoms with Crippen LogP contribution < -0.4 is 10.6 Å². The second-order valence-corrected chi connectivity index (χ2v) is 13.2. The summed E-state index contributed by atoms with van der Waals surface area (Å²) in [5.41, 5.74) is 1.51. The Morgan fingerprint density at radius 3 is 2.43 bits per heavy atom. The maximum atomic E-state index is 15.2. The number of carbonyl (C=O) groups is 2. The Hall–Kier alpha value is -4.16. The number of sulfone groups is 1. The average molecular weight is 611 g/mol. The number of aromatic nitrogens is 2. The molecule has 1 aromatic heterocycles. The number of amides is 2. The highest BCUT2D eigenvalue weighted by Gasteiger charge is 2.20. The van der Waals surface area contributed by atoms with E-state index in [1.807, 2.05) is 12.3 Å². The van der Waals surface area contributed by atoms with Crippen LogP contribution in [0.15, 0.2) is 82.7 Å². The molecule has 4 aromatic rings. The monoisotopic (exact) mass is 610 g/mol. The highest BCUT2D eigenvalue weighted by molar-refractivity contribution is 7.98. The molecule has 220 valence electrons. The first kappa shape index (κ1) is 30.8. The molecule has 2 N–H and O–H groups in total. The topological polar surface area (TPSA) is 119 Å². The molecule has 9 nitrogen and oxygen atoms in total. The number of ether oxygens (including phenoxy) is 1. The highest BCUT2D eigenvalue weighted by atomic mass is 32.2. The minimum Gasteiger partial charge on any atom is -0.444 e. The number of alkyl carbamates (subject to hydrolysis) is 1. The molecular weight excluding hydrogens is 579 g/mol. The first-order valence-electron chi connectivity index (χ1n) is 12.9. The van der Waals surface area contributed by atoms with E-state index in [2.05, 4.69) is 15.7 Å². The summed E-state index contributed by atoms with van der Waals surface area (Å²) >= 11 is 1.34. The van der Waals surface area contributed by atoms with Gasteiger partial charge in [0.2, 0.25) is 0 Å². The largest absolute Gasteiger partial charge is 0.444 e. The van der Waals surface area contributed by atoms with Crippen molar-refractivity contribution in [2.24, 2.45) is 0 Å². The van der Waals surface area contributed by atoms with Gasteiger partial charge in [0.05, 0.1) is 16.3 Å². The third kappa shape index (κ3) is 7.56. The van der Waals surface area contributed by atoms with Gasteiger partial charge in [-0.05, 0) is 68.5 Å². The Morgan fingerprint density at radius 1 is 1.02 bits per heavy atom. The minimum atomic E-state index is -3.54. The summed E-state index contributed by atoms with van der Waals surface area (Å²) in [4.78, 5) is 25.5. The van der Waals surface area contributed by atoms with Crippen molar-refractivity contribution in [2.45, 2.75) is 42.8 Å². The fraction of sp³-hybridized carbons (Fsp3) is 0.233. The summed E-state index contributed by atoms with van der Waals surface area (Å²) in [7, 11) is -3.54. The van der Waals surface area contributed by atoms with Crippen LogP contribution in [0, 0.1) is 5.82 Å². The molecule has 0 fully saturated rings. The third-order valence-corrected chi connectivity index (χ3v) is 7.71. The van der Waals surface area contributed by atoms with E-state index in [0.717, 1.165) is 11.8 Å². The normalized spacial score (nSPS) is 11.7. The van der Waals surface area contributed by atoms with Gasteiger partial charge < -0.3 is 15.4 Å². The molecule has 0 saturated heterocycles. The van der Waals surface area contributed by atoms with Gasteiger partial charge in [0, 0.05) is 24.4 Å². The van der Waals surface area contributed by atoms with E-state index in [4.69, 9.17) is 4.74 Å². The fourth-order valence-corrected chi connectivity index (χ4v) is 5.41. The summed E-state index contributed by atoms with van der Waals surface area (Å²) in [5, 5.41) is 10.4. The number of benzene rings is 3. The Bertz CT molecular complexity index is 1750. The van der Waals surface area contributed by atoms with E-state index in [0.29, 0.717) is 21.8 Å². The fourth-order valence-electron chi connectivity index (χ4n) is 4.10. The lowest BCUT2D eigenvalue weighted by Gasteiger charge is -2.19. The highest BCUT2D eigenvalue weighted by Crippen LogP contribution is 2.30. The summed E-state index contributed by atoms with van der Waals surface area (Å²) < 4.78 is 46.4. The molecule has 0 saturated carbocycles. The van der Waals surface area contributed by atoms with Crippen LogP contribution in [0.25, 0.3) is 16.8 Å². The predicted molar refractivity (Wildman–Crippen MR) is 161 cm³/mol. The van der Waals surface area contributed by atoms with E-state index < -0.39 is 33.3 Å². The lowest BCUT2D eigenvalue weighted by molar-refractivity contribution is 0.0523. The summed E-state index contributed by atoms with van der Waals surface area (Å²) in [6.07, 6.45) is 2.36. The maximum absolute atomic E-state index is 15.2. The van der Waals surface area contributed by atoms with Gasteiger partial charge in [-0.3, -0.25) is 4.79 Å². The molecule has 4 rings (SSSR count). The predicted octanol–water partition coefficient (Wildman–Crippen LogP) is 6.08. The molecular formula is C30H31FN4O5S2. The zero-order valence-electron chi connectivity index (χ0n) is 23.8. The number of carbonyl (C=O) groups excluding carboxylic acids is 2. The molecule has 0 atom stereocenters. The molecule has 0 bridgehead atoms. The maximum Gasteiger partial charge on any atom is 0.407 e. The third-order valence-electron chi connectivity index (χ3n) is 5.93. The molecule has 0 spiro atoms. The molecule has 0 radical (unpaired) electrons. The number of nitrogens with one attached hydrogen (secondary N) is 2. The zero-order chi connectivity index (χ0) is 30.7. The van der Waals surface area contributed by atoms with E-state index in [9.17, 15) is 18.0 Å². The van der Waals surface area contributed by atoms with E-state index >= 15 is 4.39 Å². The van der Waals surface area contributed by atoms with E-state index in [1.165, 1.54) is 34.6 Å². The first-order chi connectivity index (χ1) is 19.7. The van der Waals surface area contributed by atoms with Crippen LogP contribution in [0.2, 0.25) is 0 Å². The number of nitrogens with zero attached hydrogens (tertiary/aromatic N) is 2. The number of anilines is 1. The number of hydrogen-bond donors (Lipinski definition) is 2. The van der Waals surface area contributed by atoms with Crippen LogP contribution in [0.4, 0.5) is 14.9 Å². The van der Waals surface area contributed by atoms with Crippen LogP contribution in [-0.2, 0) is 21.1 Å². The smallest absolute Gasteiger partial charge is 0.407 e. The number of halogens is 1.